The van der Waals surface area contributed by atoms with Crippen LogP contribution in [0.3, 0.4) is 0 Å². The fraction of sp³-hybridized carbons (Fsp3) is 1.00. The van der Waals surface area contributed by atoms with Gasteiger partial charge in [0, 0.05) is 13.2 Å². The summed E-state index contributed by atoms with van der Waals surface area (Å²) in [6, 6.07) is 0. The third-order valence-corrected chi connectivity index (χ3v) is 1.22. The zero-order chi connectivity index (χ0) is 5.54. The molecule has 0 unspecified atom stereocenters. The maximum Gasteiger partial charge on any atom is 0.433 e. The zero-order valence-corrected chi connectivity index (χ0v) is 9.97. The molecule has 0 atom stereocenters. The highest BCUT2D eigenvalue weighted by atomic mass is 79.9. The van der Waals surface area contributed by atoms with Gasteiger partial charge in [-0.2, -0.15) is 0 Å². The van der Waals surface area contributed by atoms with Crippen LogP contribution in [-0.2, 0) is 8.85 Å². The second-order valence-corrected chi connectivity index (χ2v) is 1.69. The smallest absolute Gasteiger partial charge is 0.393 e. The van der Waals surface area contributed by atoms with E-state index in [1.807, 2.05) is 13.8 Å². The minimum absolute atomic E-state index is 0. The average Bonchev–Trinajstić information content (AvgIpc) is 1.69. The van der Waals surface area contributed by atoms with Crippen molar-refractivity contribution < 1.29 is 8.85 Å². The lowest BCUT2D eigenvalue weighted by Crippen LogP contribution is -2.02. The summed E-state index contributed by atoms with van der Waals surface area (Å²) < 4.78 is 9.76. The Morgan fingerprint density at radius 3 is 1.56 bits per heavy atom. The van der Waals surface area contributed by atoms with E-state index in [2.05, 4.69) is 0 Å². The van der Waals surface area contributed by atoms with Gasteiger partial charge in [0.25, 0.3) is 0 Å². The molecule has 9 heavy (non-hydrogen) atoms. The standard InChI is InChI=1S/C4H10O2Si.2BrH/c1-3-5-7-6-4-2;;/h3-4H2,1-2H3;2*1H. The van der Waals surface area contributed by atoms with Gasteiger partial charge in [-0.3, -0.25) is 0 Å². The van der Waals surface area contributed by atoms with Crippen molar-refractivity contribution in [3.63, 3.8) is 0 Å². The molecule has 2 radical (unpaired) electrons. The van der Waals surface area contributed by atoms with Crippen LogP contribution in [0.2, 0.25) is 0 Å². The van der Waals surface area contributed by atoms with Gasteiger partial charge < -0.3 is 8.85 Å². The van der Waals surface area contributed by atoms with Crippen LogP contribution in [0, 0.1) is 0 Å². The lowest BCUT2D eigenvalue weighted by atomic mass is 10.9. The van der Waals surface area contributed by atoms with Crippen molar-refractivity contribution >= 4 is 44.0 Å². The molecule has 0 aliphatic rings. The molecule has 0 saturated heterocycles. The van der Waals surface area contributed by atoms with Gasteiger partial charge in [0.05, 0.1) is 0 Å². The van der Waals surface area contributed by atoms with Gasteiger partial charge in [-0.1, -0.05) is 0 Å². The summed E-state index contributed by atoms with van der Waals surface area (Å²) in [5.41, 5.74) is 0. The van der Waals surface area contributed by atoms with Crippen LogP contribution in [0.15, 0.2) is 0 Å². The molecule has 0 aliphatic heterocycles. The number of hydrogen-bond donors (Lipinski definition) is 0. The molecule has 0 N–H and O–H groups in total. The van der Waals surface area contributed by atoms with E-state index in [0.29, 0.717) is 0 Å². The molecule has 0 aromatic rings. The van der Waals surface area contributed by atoms with E-state index in [1.165, 1.54) is 0 Å². The lowest BCUT2D eigenvalue weighted by molar-refractivity contribution is 0.240. The van der Waals surface area contributed by atoms with E-state index < -0.39 is 0 Å². The normalized spacial score (nSPS) is 7.33. The van der Waals surface area contributed by atoms with Gasteiger partial charge in [0.1, 0.15) is 0 Å². The van der Waals surface area contributed by atoms with Gasteiger partial charge in [0.2, 0.25) is 0 Å². The van der Waals surface area contributed by atoms with Crippen LogP contribution in [0.4, 0.5) is 0 Å². The van der Waals surface area contributed by atoms with E-state index in [-0.39, 0.29) is 44.0 Å². The first-order valence-corrected chi connectivity index (χ1v) is 3.22. The number of rotatable bonds is 4. The fourth-order valence-electron chi connectivity index (χ4n) is 0.160. The molecule has 0 saturated carbocycles. The molecule has 0 heterocycles. The van der Waals surface area contributed by atoms with Crippen molar-refractivity contribution in [2.75, 3.05) is 13.2 Å². The Kier molecular flexibility index (Phi) is 29.6. The zero-order valence-electron chi connectivity index (χ0n) is 5.55. The Bertz CT molecular complexity index is 35.7. The highest BCUT2D eigenvalue weighted by Gasteiger charge is 1.83. The molecule has 5 heteroatoms. The van der Waals surface area contributed by atoms with Crippen molar-refractivity contribution in [1.82, 2.24) is 0 Å². The molecule has 0 aliphatic carbocycles. The van der Waals surface area contributed by atoms with Crippen molar-refractivity contribution in [2.45, 2.75) is 13.8 Å². The largest absolute Gasteiger partial charge is 0.433 e. The van der Waals surface area contributed by atoms with Crippen LogP contribution < -0.4 is 0 Å². The minimum Gasteiger partial charge on any atom is -0.393 e. The fourth-order valence-corrected chi connectivity index (χ4v) is 0.479. The summed E-state index contributed by atoms with van der Waals surface area (Å²) in [6.07, 6.45) is 0. The second kappa shape index (κ2) is 16.0. The number of halogens is 2. The van der Waals surface area contributed by atoms with Crippen LogP contribution in [0.1, 0.15) is 13.8 Å². The van der Waals surface area contributed by atoms with E-state index in [9.17, 15) is 0 Å². The van der Waals surface area contributed by atoms with Gasteiger partial charge in [-0.25, -0.2) is 0 Å². The van der Waals surface area contributed by atoms with Crippen LogP contribution in [0.25, 0.3) is 0 Å². The molecule has 58 valence electrons. The molecule has 0 aromatic carbocycles. The first-order chi connectivity index (χ1) is 3.41. The van der Waals surface area contributed by atoms with Gasteiger partial charge in [-0.15, -0.1) is 34.0 Å². The molecule has 0 aromatic heterocycles. The summed E-state index contributed by atoms with van der Waals surface area (Å²) in [5, 5.41) is 0. The van der Waals surface area contributed by atoms with E-state index >= 15 is 0 Å². The summed E-state index contributed by atoms with van der Waals surface area (Å²) in [6.45, 7) is 5.40. The summed E-state index contributed by atoms with van der Waals surface area (Å²) in [5.74, 6) is 0. The Labute approximate surface area is 79.9 Å². The Morgan fingerprint density at radius 2 is 1.33 bits per heavy atom. The van der Waals surface area contributed by atoms with Gasteiger partial charge >= 0.3 is 10.0 Å². The molecule has 0 rings (SSSR count). The van der Waals surface area contributed by atoms with Gasteiger partial charge in [-0.05, 0) is 13.8 Å². The topological polar surface area (TPSA) is 18.5 Å². The Hall–Kier alpha value is 1.10. The molecule has 0 spiro atoms. The van der Waals surface area contributed by atoms with E-state index in [1.54, 1.807) is 0 Å². The average molecular weight is 280 g/mol. The highest BCUT2D eigenvalue weighted by Crippen LogP contribution is 1.70. The predicted octanol–water partition coefficient (Wildman–Crippen LogP) is 1.75. The van der Waals surface area contributed by atoms with Crippen LogP contribution in [-0.4, -0.2) is 23.2 Å². The first kappa shape index (κ1) is 16.6. The summed E-state index contributed by atoms with van der Waals surface area (Å²) in [7, 11) is 0.232. The van der Waals surface area contributed by atoms with E-state index in [4.69, 9.17) is 8.85 Å². The monoisotopic (exact) mass is 278 g/mol. The van der Waals surface area contributed by atoms with Crippen molar-refractivity contribution in [1.29, 1.82) is 0 Å². The van der Waals surface area contributed by atoms with Crippen molar-refractivity contribution in [2.24, 2.45) is 0 Å². The molecular weight excluding hydrogens is 268 g/mol. The Morgan fingerprint density at radius 1 is 1.00 bits per heavy atom. The molecule has 0 fully saturated rings. The van der Waals surface area contributed by atoms with Crippen molar-refractivity contribution in [3.05, 3.63) is 0 Å². The predicted molar refractivity (Wildman–Crippen MR) is 49.7 cm³/mol. The molecule has 0 bridgehead atoms. The Balaban J connectivity index is -0.000000180. The third kappa shape index (κ3) is 17.6. The third-order valence-electron chi connectivity index (χ3n) is 0.407. The van der Waals surface area contributed by atoms with Crippen LogP contribution in [0.5, 0.6) is 0 Å². The number of hydrogen-bond acceptors (Lipinski definition) is 2. The first-order valence-electron chi connectivity index (χ1n) is 2.40. The second-order valence-electron chi connectivity index (χ2n) is 0.949. The lowest BCUT2D eigenvalue weighted by Gasteiger charge is -1.93. The van der Waals surface area contributed by atoms with Gasteiger partial charge in [0.15, 0.2) is 0 Å². The maximum atomic E-state index is 4.88. The van der Waals surface area contributed by atoms with Crippen LogP contribution >= 0.6 is 34.0 Å². The SMILES string of the molecule is Br.Br.CCO[Si]OCC. The highest BCUT2D eigenvalue weighted by molar-refractivity contribution is 8.93. The molecule has 0 amide bonds. The van der Waals surface area contributed by atoms with Crippen molar-refractivity contribution in [3.8, 4) is 0 Å². The summed E-state index contributed by atoms with van der Waals surface area (Å²) in [4.78, 5) is 0. The summed E-state index contributed by atoms with van der Waals surface area (Å²) >= 11 is 0. The minimum atomic E-state index is 0. The molecule has 2 nitrogen and oxygen atoms in total. The van der Waals surface area contributed by atoms with E-state index in [0.717, 1.165) is 13.2 Å². The molecular formula is C4H12Br2O2Si. The maximum absolute atomic E-state index is 4.88. The quantitative estimate of drug-likeness (QED) is 0.577.